The highest BCUT2D eigenvalue weighted by atomic mass is 19.1. The molecule has 0 saturated heterocycles. The van der Waals surface area contributed by atoms with E-state index >= 15 is 0 Å². The number of benzene rings is 1. The maximum atomic E-state index is 12.8. The molecule has 0 amide bonds. The van der Waals surface area contributed by atoms with Crippen LogP contribution in [0.15, 0.2) is 24.3 Å². The van der Waals surface area contributed by atoms with Crippen LogP contribution in [0.1, 0.15) is 11.7 Å². The van der Waals surface area contributed by atoms with Gasteiger partial charge in [-0.1, -0.05) is 12.1 Å². The van der Waals surface area contributed by atoms with Gasteiger partial charge in [-0.25, -0.2) is 0 Å². The van der Waals surface area contributed by atoms with Crippen LogP contribution in [0.4, 0.5) is 4.39 Å². The Morgan fingerprint density at radius 2 is 2.00 bits per heavy atom. The molecule has 2 atom stereocenters. The third kappa shape index (κ3) is 2.63. The van der Waals surface area contributed by atoms with Crippen molar-refractivity contribution in [2.45, 2.75) is 12.4 Å². The van der Waals surface area contributed by atoms with E-state index in [0.717, 1.165) is 0 Å². The van der Waals surface area contributed by atoms with Crippen molar-refractivity contribution < 1.29 is 19.2 Å². The van der Waals surface area contributed by atoms with Gasteiger partial charge in [0.05, 0.1) is 12.0 Å². The van der Waals surface area contributed by atoms with E-state index in [1.54, 1.807) is 0 Å². The van der Waals surface area contributed by atoms with Crippen molar-refractivity contribution in [2.75, 3.05) is 7.11 Å². The van der Waals surface area contributed by atoms with Crippen molar-refractivity contribution >= 4 is 0 Å². The van der Waals surface area contributed by atoms with Crippen LogP contribution in [-0.4, -0.2) is 23.4 Å². The number of alkyl halides is 1. The molecule has 0 aliphatic rings. The lowest BCUT2D eigenvalue weighted by atomic mass is 10.1. The van der Waals surface area contributed by atoms with E-state index in [-0.39, 0.29) is 5.56 Å². The summed E-state index contributed by atoms with van der Waals surface area (Å²) in [6.07, 6.45) is -4.27. The standard InChI is InChI=1S/C9H10FNO4/c1-15-7-4-2-6(3-5-7)8(12)9(10)11(13)14/h2-5,8-9,12H,1H3. The molecule has 1 aromatic carbocycles. The topological polar surface area (TPSA) is 72.6 Å². The van der Waals surface area contributed by atoms with Crippen molar-refractivity contribution in [1.29, 1.82) is 0 Å². The van der Waals surface area contributed by atoms with Crippen LogP contribution >= 0.6 is 0 Å². The summed E-state index contributed by atoms with van der Waals surface area (Å²) in [5.74, 6) is 0.530. The highest BCUT2D eigenvalue weighted by Crippen LogP contribution is 2.22. The van der Waals surface area contributed by atoms with E-state index in [2.05, 4.69) is 0 Å². The van der Waals surface area contributed by atoms with E-state index in [0.29, 0.717) is 5.75 Å². The monoisotopic (exact) mass is 215 g/mol. The summed E-state index contributed by atoms with van der Waals surface area (Å²) < 4.78 is 17.7. The van der Waals surface area contributed by atoms with Gasteiger partial charge < -0.3 is 9.84 Å². The Labute approximate surface area is 85.3 Å². The molecule has 15 heavy (non-hydrogen) atoms. The van der Waals surface area contributed by atoms with Crippen LogP contribution in [0.5, 0.6) is 5.75 Å². The Bertz CT molecular complexity index is 340. The number of hydrogen-bond donors (Lipinski definition) is 1. The number of aliphatic hydroxyl groups excluding tert-OH is 1. The first-order valence-corrected chi connectivity index (χ1v) is 4.16. The van der Waals surface area contributed by atoms with Crippen LogP contribution in [0, 0.1) is 10.1 Å². The van der Waals surface area contributed by atoms with Gasteiger partial charge in [0.1, 0.15) is 5.75 Å². The van der Waals surface area contributed by atoms with Gasteiger partial charge in [0, 0.05) is 0 Å². The summed E-state index contributed by atoms with van der Waals surface area (Å²) in [6.45, 7) is 0. The number of halogens is 1. The number of aliphatic hydroxyl groups is 1. The van der Waals surface area contributed by atoms with Gasteiger partial charge in [0.2, 0.25) is 0 Å². The fourth-order valence-electron chi connectivity index (χ4n) is 1.08. The smallest absolute Gasteiger partial charge is 0.379 e. The average Bonchev–Trinajstić information content (AvgIpc) is 2.27. The molecule has 0 radical (unpaired) electrons. The first-order valence-electron chi connectivity index (χ1n) is 4.16. The molecular weight excluding hydrogens is 205 g/mol. The van der Waals surface area contributed by atoms with E-state index < -0.39 is 17.3 Å². The first kappa shape index (κ1) is 11.4. The van der Waals surface area contributed by atoms with Crippen LogP contribution in [0.2, 0.25) is 0 Å². The molecule has 1 rings (SSSR count). The van der Waals surface area contributed by atoms with Crippen LogP contribution < -0.4 is 4.74 Å². The summed E-state index contributed by atoms with van der Waals surface area (Å²) in [5.41, 5.74) is 0.139. The normalized spacial score (nSPS) is 14.3. The summed E-state index contributed by atoms with van der Waals surface area (Å²) in [7, 11) is 1.46. The van der Waals surface area contributed by atoms with E-state index in [1.807, 2.05) is 0 Å². The molecule has 0 fully saturated rings. The number of nitrogens with zero attached hydrogens (tertiary/aromatic N) is 1. The second kappa shape index (κ2) is 4.70. The van der Waals surface area contributed by atoms with E-state index in [9.17, 15) is 19.6 Å². The fourth-order valence-corrected chi connectivity index (χ4v) is 1.08. The quantitative estimate of drug-likeness (QED) is 0.466. The van der Waals surface area contributed by atoms with E-state index in [1.165, 1.54) is 31.4 Å². The Morgan fingerprint density at radius 1 is 1.47 bits per heavy atom. The lowest BCUT2D eigenvalue weighted by Gasteiger charge is -2.10. The summed E-state index contributed by atoms with van der Waals surface area (Å²) in [6, 6.07) is 5.73. The second-order valence-electron chi connectivity index (χ2n) is 2.88. The SMILES string of the molecule is COc1ccc(C(O)C(F)[N+](=O)[O-])cc1. The number of hydrogen-bond acceptors (Lipinski definition) is 4. The van der Waals surface area contributed by atoms with Crippen molar-refractivity contribution in [1.82, 2.24) is 0 Å². The number of methoxy groups -OCH3 is 1. The molecule has 0 bridgehead atoms. The molecule has 0 aromatic heterocycles. The lowest BCUT2D eigenvalue weighted by molar-refractivity contribution is -0.567. The maximum absolute atomic E-state index is 12.8. The Hall–Kier alpha value is -1.69. The summed E-state index contributed by atoms with van der Waals surface area (Å²) in [5, 5.41) is 19.3. The Kier molecular flexibility index (Phi) is 3.56. The predicted molar refractivity (Wildman–Crippen MR) is 49.8 cm³/mol. The number of ether oxygens (including phenoxy) is 1. The Balaban J connectivity index is 2.82. The minimum Gasteiger partial charge on any atom is -0.497 e. The molecule has 0 aliphatic heterocycles. The van der Waals surface area contributed by atoms with Gasteiger partial charge in [-0.2, -0.15) is 4.39 Å². The molecule has 0 spiro atoms. The largest absolute Gasteiger partial charge is 0.497 e. The zero-order valence-electron chi connectivity index (χ0n) is 7.96. The average molecular weight is 215 g/mol. The second-order valence-corrected chi connectivity index (χ2v) is 2.88. The van der Waals surface area contributed by atoms with Gasteiger partial charge >= 0.3 is 6.30 Å². The fraction of sp³-hybridized carbons (Fsp3) is 0.333. The van der Waals surface area contributed by atoms with Gasteiger partial charge in [0.25, 0.3) is 0 Å². The summed E-state index contributed by atoms with van der Waals surface area (Å²) in [4.78, 5) is 8.91. The van der Waals surface area contributed by atoms with Crippen LogP contribution in [-0.2, 0) is 0 Å². The molecule has 0 aliphatic carbocycles. The highest BCUT2D eigenvalue weighted by molar-refractivity contribution is 5.28. The summed E-state index contributed by atoms with van der Waals surface area (Å²) >= 11 is 0. The van der Waals surface area contributed by atoms with Gasteiger partial charge in [-0.05, 0) is 17.7 Å². The predicted octanol–water partition coefficient (Wildman–Crippen LogP) is 1.30. The van der Waals surface area contributed by atoms with Crippen LogP contribution in [0.25, 0.3) is 0 Å². The number of rotatable bonds is 4. The first-order chi connectivity index (χ1) is 7.06. The minimum absolute atomic E-state index is 0.139. The molecule has 0 saturated carbocycles. The lowest BCUT2D eigenvalue weighted by Crippen LogP contribution is -2.22. The van der Waals surface area contributed by atoms with Crippen LogP contribution in [0.3, 0.4) is 0 Å². The molecule has 5 nitrogen and oxygen atoms in total. The van der Waals surface area contributed by atoms with Gasteiger partial charge in [-0.15, -0.1) is 0 Å². The number of nitro groups is 1. The molecule has 82 valence electrons. The molecule has 0 heterocycles. The maximum Gasteiger partial charge on any atom is 0.379 e. The van der Waals surface area contributed by atoms with Gasteiger partial charge in [0.15, 0.2) is 6.10 Å². The zero-order valence-corrected chi connectivity index (χ0v) is 7.96. The van der Waals surface area contributed by atoms with Crippen molar-refractivity contribution in [2.24, 2.45) is 0 Å². The zero-order chi connectivity index (χ0) is 11.4. The molecule has 1 aromatic rings. The highest BCUT2D eigenvalue weighted by Gasteiger charge is 2.30. The molecule has 2 unspecified atom stereocenters. The van der Waals surface area contributed by atoms with E-state index in [4.69, 9.17) is 4.74 Å². The third-order valence-corrected chi connectivity index (χ3v) is 1.92. The third-order valence-electron chi connectivity index (χ3n) is 1.92. The van der Waals surface area contributed by atoms with Gasteiger partial charge in [-0.3, -0.25) is 10.1 Å². The van der Waals surface area contributed by atoms with Crippen molar-refractivity contribution in [3.8, 4) is 5.75 Å². The minimum atomic E-state index is -2.52. The molecule has 1 N–H and O–H groups in total. The molecule has 6 heteroatoms. The van der Waals surface area contributed by atoms with Crippen molar-refractivity contribution in [3.05, 3.63) is 39.9 Å². The van der Waals surface area contributed by atoms with Crippen molar-refractivity contribution in [3.63, 3.8) is 0 Å². The Morgan fingerprint density at radius 3 is 2.40 bits per heavy atom. The molecular formula is C9H10FNO4.